The van der Waals surface area contributed by atoms with E-state index in [-0.39, 0.29) is 32.0 Å². The van der Waals surface area contributed by atoms with E-state index in [4.69, 9.17) is 18.5 Å². The Hall–Kier alpha value is -2.81. The van der Waals surface area contributed by atoms with Crippen LogP contribution in [-0.2, 0) is 32.7 Å². The highest BCUT2D eigenvalue weighted by molar-refractivity contribution is 7.47. The van der Waals surface area contributed by atoms with E-state index in [1.807, 2.05) is 21.1 Å². The number of phosphoric ester groups is 1. The highest BCUT2D eigenvalue weighted by Crippen LogP contribution is 2.43. The number of phosphoric acid groups is 1. The van der Waals surface area contributed by atoms with Gasteiger partial charge in [0.15, 0.2) is 6.10 Å². The highest BCUT2D eigenvalue weighted by atomic mass is 31.2. The standard InChI is InChI=1S/C50H86NO8P/c1-6-8-10-12-14-15-16-17-18-19-20-21-22-23-24-25-26-27-28-29-30-31-32-33-34-35-37-39-41-43-50(53)59-48(47-58-60(54,55)57-45-44-51(3,4)5)46-56-49(52)42-40-38-36-13-11-9-7-2/h8,10,14-15,17-18,20-21,23-24,26-27,29-30,48H,6-7,9,11-13,16,19,22,25,28,31-47H2,1-5H3/p+1/b10-8-,15-14-,18-17-,21-20-,24-23-,27-26-,30-29-. The zero-order valence-electron chi connectivity index (χ0n) is 38.7. The number of nitrogens with zero attached hydrogens (tertiary/aromatic N) is 1. The van der Waals surface area contributed by atoms with Crippen LogP contribution in [0.2, 0.25) is 0 Å². The molecule has 344 valence electrons. The van der Waals surface area contributed by atoms with E-state index in [0.29, 0.717) is 17.4 Å². The van der Waals surface area contributed by atoms with Crippen molar-refractivity contribution in [2.24, 2.45) is 0 Å². The molecule has 0 aromatic carbocycles. The first-order valence-electron chi connectivity index (χ1n) is 23.3. The summed E-state index contributed by atoms with van der Waals surface area (Å²) in [6.45, 7) is 4.22. The molecule has 0 radical (unpaired) electrons. The maximum Gasteiger partial charge on any atom is 0.472 e. The summed E-state index contributed by atoms with van der Waals surface area (Å²) in [4.78, 5) is 35.2. The number of rotatable bonds is 41. The first-order valence-corrected chi connectivity index (χ1v) is 24.8. The second kappa shape index (κ2) is 41.5. The number of carbonyl (C=O) groups excluding carboxylic acids is 2. The summed E-state index contributed by atoms with van der Waals surface area (Å²) >= 11 is 0. The van der Waals surface area contributed by atoms with Crippen molar-refractivity contribution in [3.05, 3.63) is 85.1 Å². The van der Waals surface area contributed by atoms with Gasteiger partial charge in [0.25, 0.3) is 0 Å². The van der Waals surface area contributed by atoms with Crippen LogP contribution in [0.1, 0.15) is 168 Å². The average molecular weight is 861 g/mol. The molecule has 0 aliphatic rings. The number of hydrogen-bond donors (Lipinski definition) is 1. The Morgan fingerprint density at radius 2 is 0.950 bits per heavy atom. The molecule has 0 bridgehead atoms. The number of quaternary nitrogens is 1. The maximum atomic E-state index is 12.7. The topological polar surface area (TPSA) is 108 Å². The molecule has 1 N–H and O–H groups in total. The van der Waals surface area contributed by atoms with Gasteiger partial charge in [-0.1, -0.05) is 170 Å². The van der Waals surface area contributed by atoms with E-state index >= 15 is 0 Å². The molecule has 0 saturated heterocycles. The molecule has 0 aliphatic heterocycles. The smallest absolute Gasteiger partial charge is 0.462 e. The fourth-order valence-electron chi connectivity index (χ4n) is 5.82. The molecular formula is C50H87NO8P+. The number of allylic oxidation sites excluding steroid dienone is 14. The molecule has 2 unspecified atom stereocenters. The Morgan fingerprint density at radius 1 is 0.533 bits per heavy atom. The molecule has 60 heavy (non-hydrogen) atoms. The maximum absolute atomic E-state index is 12.7. The molecule has 0 heterocycles. The third kappa shape index (κ3) is 44.7. The van der Waals surface area contributed by atoms with Crippen LogP contribution in [0.5, 0.6) is 0 Å². The van der Waals surface area contributed by atoms with Crippen LogP contribution >= 0.6 is 7.82 Å². The van der Waals surface area contributed by atoms with E-state index in [1.165, 1.54) is 44.9 Å². The van der Waals surface area contributed by atoms with Crippen molar-refractivity contribution < 1.29 is 42.1 Å². The molecule has 10 heteroatoms. The van der Waals surface area contributed by atoms with Crippen LogP contribution in [0.25, 0.3) is 0 Å². The summed E-state index contributed by atoms with van der Waals surface area (Å²) in [6, 6.07) is 0. The van der Waals surface area contributed by atoms with Gasteiger partial charge < -0.3 is 18.9 Å². The third-order valence-corrected chi connectivity index (χ3v) is 10.4. The van der Waals surface area contributed by atoms with Gasteiger partial charge in [-0.05, 0) is 70.6 Å². The minimum Gasteiger partial charge on any atom is -0.462 e. The first-order chi connectivity index (χ1) is 29.0. The van der Waals surface area contributed by atoms with E-state index in [9.17, 15) is 19.0 Å². The average Bonchev–Trinajstić information content (AvgIpc) is 3.20. The van der Waals surface area contributed by atoms with Crippen LogP contribution in [0.4, 0.5) is 0 Å². The molecule has 9 nitrogen and oxygen atoms in total. The number of carbonyl (C=O) groups is 2. The highest BCUT2D eigenvalue weighted by Gasteiger charge is 2.27. The number of unbranched alkanes of at least 4 members (excludes halogenated alkanes) is 13. The second-order valence-corrected chi connectivity index (χ2v) is 17.9. The lowest BCUT2D eigenvalue weighted by Gasteiger charge is -2.24. The van der Waals surface area contributed by atoms with Crippen LogP contribution in [-0.4, -0.2) is 74.9 Å². The van der Waals surface area contributed by atoms with Crippen LogP contribution < -0.4 is 0 Å². The van der Waals surface area contributed by atoms with E-state index in [0.717, 1.165) is 89.9 Å². The zero-order chi connectivity index (χ0) is 44.3. The van der Waals surface area contributed by atoms with Crippen LogP contribution in [0.3, 0.4) is 0 Å². The molecule has 0 aliphatic carbocycles. The van der Waals surface area contributed by atoms with Crippen molar-refractivity contribution in [2.45, 2.75) is 174 Å². The Morgan fingerprint density at radius 3 is 1.42 bits per heavy atom. The Kier molecular flexibility index (Phi) is 39.6. The summed E-state index contributed by atoms with van der Waals surface area (Å²) in [7, 11) is 1.46. The summed E-state index contributed by atoms with van der Waals surface area (Å²) in [5.74, 6) is -0.825. The molecule has 0 saturated carbocycles. The van der Waals surface area contributed by atoms with Crippen molar-refractivity contribution in [1.29, 1.82) is 0 Å². The largest absolute Gasteiger partial charge is 0.472 e. The minimum atomic E-state index is -4.38. The number of esters is 2. The van der Waals surface area contributed by atoms with E-state index in [1.54, 1.807) is 0 Å². The van der Waals surface area contributed by atoms with Crippen molar-refractivity contribution in [2.75, 3.05) is 47.5 Å². The molecule has 0 amide bonds. The van der Waals surface area contributed by atoms with E-state index < -0.39 is 26.5 Å². The Balaban J connectivity index is 4.18. The van der Waals surface area contributed by atoms with Crippen LogP contribution in [0, 0.1) is 0 Å². The molecule has 0 aromatic heterocycles. The fraction of sp³-hybridized carbons (Fsp3) is 0.680. The van der Waals surface area contributed by atoms with Gasteiger partial charge >= 0.3 is 19.8 Å². The van der Waals surface area contributed by atoms with Crippen molar-refractivity contribution >= 4 is 19.8 Å². The van der Waals surface area contributed by atoms with Crippen LogP contribution in [0.15, 0.2) is 85.1 Å². The van der Waals surface area contributed by atoms with Gasteiger partial charge in [-0.3, -0.25) is 18.6 Å². The van der Waals surface area contributed by atoms with Gasteiger partial charge in [-0.15, -0.1) is 0 Å². The summed E-state index contributed by atoms with van der Waals surface area (Å²) in [6.07, 6.45) is 53.7. The fourth-order valence-corrected chi connectivity index (χ4v) is 6.56. The predicted molar refractivity (Wildman–Crippen MR) is 252 cm³/mol. The first kappa shape index (κ1) is 57.2. The Labute approximate surface area is 367 Å². The lowest BCUT2D eigenvalue weighted by Crippen LogP contribution is -2.37. The Bertz CT molecular complexity index is 1290. The molecule has 0 aromatic rings. The van der Waals surface area contributed by atoms with Gasteiger partial charge in [-0.2, -0.15) is 0 Å². The summed E-state index contributed by atoms with van der Waals surface area (Å²) < 4.78 is 34.2. The van der Waals surface area contributed by atoms with Gasteiger partial charge in [0.05, 0.1) is 27.7 Å². The number of likely N-dealkylation sites (N-methyl/N-ethyl adjacent to an activating group) is 1. The minimum absolute atomic E-state index is 0.0257. The zero-order valence-corrected chi connectivity index (χ0v) is 39.6. The number of ether oxygens (including phenoxy) is 2. The monoisotopic (exact) mass is 861 g/mol. The lowest BCUT2D eigenvalue weighted by atomic mass is 10.1. The summed E-state index contributed by atoms with van der Waals surface area (Å²) in [5, 5.41) is 0. The van der Waals surface area contributed by atoms with Crippen molar-refractivity contribution in [3.8, 4) is 0 Å². The normalized spacial score (nSPS) is 14.3. The predicted octanol–water partition coefficient (Wildman–Crippen LogP) is 13.6. The van der Waals surface area contributed by atoms with Gasteiger partial charge in [0.1, 0.15) is 19.8 Å². The SMILES string of the molecule is CC/C=C\C/C=C\C/C=C\C/C=C\C/C=C\C/C=C\C/C=C\CCCCCCCCCC(=O)OC(COC(=O)CCCCCCCCC)COP(=O)(O)OCC[N+](C)(C)C. The van der Waals surface area contributed by atoms with Crippen molar-refractivity contribution in [1.82, 2.24) is 0 Å². The van der Waals surface area contributed by atoms with Gasteiger partial charge in [0.2, 0.25) is 0 Å². The quantitative estimate of drug-likeness (QED) is 0.0213. The molecule has 2 atom stereocenters. The molecule has 0 rings (SSSR count). The second-order valence-electron chi connectivity index (χ2n) is 16.4. The van der Waals surface area contributed by atoms with Gasteiger partial charge in [0, 0.05) is 12.8 Å². The summed E-state index contributed by atoms with van der Waals surface area (Å²) in [5.41, 5.74) is 0. The molecular weight excluding hydrogens is 774 g/mol. The van der Waals surface area contributed by atoms with E-state index in [2.05, 4.69) is 98.9 Å². The number of hydrogen-bond acceptors (Lipinski definition) is 7. The molecule has 0 spiro atoms. The third-order valence-electron chi connectivity index (χ3n) is 9.44. The van der Waals surface area contributed by atoms with Gasteiger partial charge in [-0.25, -0.2) is 4.57 Å². The lowest BCUT2D eigenvalue weighted by molar-refractivity contribution is -0.870. The molecule has 0 fully saturated rings. The van der Waals surface area contributed by atoms with Crippen molar-refractivity contribution in [3.63, 3.8) is 0 Å².